The Kier molecular flexibility index (Phi) is 4.19. The van der Waals surface area contributed by atoms with Crippen molar-refractivity contribution in [3.05, 3.63) is 54.4 Å². The van der Waals surface area contributed by atoms with Crippen molar-refractivity contribution >= 4 is 16.9 Å². The fraction of sp³-hybridized carbons (Fsp3) is 0.167. The minimum absolute atomic E-state index is 0.304. The third-order valence-corrected chi connectivity index (χ3v) is 3.48. The molecule has 3 rings (SSSR count). The van der Waals surface area contributed by atoms with E-state index in [9.17, 15) is 4.79 Å². The minimum Gasteiger partial charge on any atom is -0.496 e. The van der Waals surface area contributed by atoms with Crippen LogP contribution in [0.5, 0.6) is 5.75 Å². The van der Waals surface area contributed by atoms with Gasteiger partial charge in [-0.3, -0.25) is 4.98 Å². The molecule has 116 valence electrons. The minimum atomic E-state index is -0.403. The standard InChI is InChI=1S/C18H16N2O3/c1-3-23-18(21)14-10-12-8-9-19-11-15(12)20-17(14)13-6-4-5-7-16(13)22-2/h4-11H,3H2,1-2H3. The Balaban J connectivity index is 2.28. The second-order valence-electron chi connectivity index (χ2n) is 4.87. The normalized spacial score (nSPS) is 10.5. The molecule has 0 amide bonds. The van der Waals surface area contributed by atoms with Gasteiger partial charge in [0.1, 0.15) is 5.75 Å². The lowest BCUT2D eigenvalue weighted by Gasteiger charge is -2.12. The van der Waals surface area contributed by atoms with E-state index in [0.717, 1.165) is 10.9 Å². The zero-order valence-electron chi connectivity index (χ0n) is 12.9. The molecule has 0 saturated heterocycles. The summed E-state index contributed by atoms with van der Waals surface area (Å²) in [6, 6.07) is 11.0. The monoisotopic (exact) mass is 308 g/mol. The number of benzene rings is 1. The van der Waals surface area contributed by atoms with Crippen molar-refractivity contribution in [3.8, 4) is 17.0 Å². The maximum Gasteiger partial charge on any atom is 0.340 e. The van der Waals surface area contributed by atoms with E-state index in [1.54, 1.807) is 32.5 Å². The highest BCUT2D eigenvalue weighted by Crippen LogP contribution is 2.32. The number of hydrogen-bond donors (Lipinski definition) is 0. The van der Waals surface area contributed by atoms with E-state index in [-0.39, 0.29) is 0 Å². The van der Waals surface area contributed by atoms with Crippen LogP contribution in [0.25, 0.3) is 22.2 Å². The predicted octanol–water partition coefficient (Wildman–Crippen LogP) is 3.48. The number of methoxy groups -OCH3 is 1. The van der Waals surface area contributed by atoms with E-state index in [0.29, 0.717) is 29.1 Å². The molecule has 0 N–H and O–H groups in total. The first-order valence-electron chi connectivity index (χ1n) is 7.30. The van der Waals surface area contributed by atoms with Gasteiger partial charge < -0.3 is 9.47 Å². The predicted molar refractivity (Wildman–Crippen MR) is 87.5 cm³/mol. The molecule has 0 radical (unpaired) electrons. The van der Waals surface area contributed by atoms with Crippen molar-refractivity contribution in [2.75, 3.05) is 13.7 Å². The van der Waals surface area contributed by atoms with Crippen LogP contribution in [-0.2, 0) is 4.74 Å². The fourth-order valence-corrected chi connectivity index (χ4v) is 2.43. The summed E-state index contributed by atoms with van der Waals surface area (Å²) in [5.74, 6) is 0.244. The molecule has 0 aliphatic heterocycles. The molecule has 0 bridgehead atoms. The highest BCUT2D eigenvalue weighted by molar-refractivity contribution is 6.00. The lowest BCUT2D eigenvalue weighted by molar-refractivity contribution is 0.0527. The first-order chi connectivity index (χ1) is 11.2. The van der Waals surface area contributed by atoms with Gasteiger partial charge in [-0.05, 0) is 31.2 Å². The van der Waals surface area contributed by atoms with Crippen LogP contribution in [0.15, 0.2) is 48.8 Å². The van der Waals surface area contributed by atoms with E-state index >= 15 is 0 Å². The van der Waals surface area contributed by atoms with Gasteiger partial charge in [0, 0.05) is 17.1 Å². The van der Waals surface area contributed by atoms with Crippen LogP contribution in [-0.4, -0.2) is 29.7 Å². The molecule has 5 nitrogen and oxygen atoms in total. The molecule has 0 aliphatic rings. The molecule has 0 unspecified atom stereocenters. The van der Waals surface area contributed by atoms with Gasteiger partial charge in [0.15, 0.2) is 0 Å². The molecule has 23 heavy (non-hydrogen) atoms. The summed E-state index contributed by atoms with van der Waals surface area (Å²) in [6.45, 7) is 2.08. The summed E-state index contributed by atoms with van der Waals surface area (Å²) < 4.78 is 10.6. The number of pyridine rings is 2. The van der Waals surface area contributed by atoms with Crippen LogP contribution in [0.1, 0.15) is 17.3 Å². The van der Waals surface area contributed by atoms with E-state index in [1.807, 2.05) is 30.3 Å². The second kappa shape index (κ2) is 6.44. The molecule has 0 saturated carbocycles. The topological polar surface area (TPSA) is 61.3 Å². The molecule has 0 spiro atoms. The van der Waals surface area contributed by atoms with Crippen LogP contribution in [0, 0.1) is 0 Å². The molecule has 5 heteroatoms. The van der Waals surface area contributed by atoms with Gasteiger partial charge in [-0.15, -0.1) is 0 Å². The van der Waals surface area contributed by atoms with Crippen LogP contribution in [0.2, 0.25) is 0 Å². The van der Waals surface area contributed by atoms with Gasteiger partial charge in [0.2, 0.25) is 0 Å². The Morgan fingerprint density at radius 2 is 2.04 bits per heavy atom. The van der Waals surface area contributed by atoms with Crippen molar-refractivity contribution in [2.24, 2.45) is 0 Å². The first-order valence-corrected chi connectivity index (χ1v) is 7.30. The number of fused-ring (bicyclic) bond motifs is 1. The van der Waals surface area contributed by atoms with E-state index in [4.69, 9.17) is 9.47 Å². The van der Waals surface area contributed by atoms with Crippen LogP contribution in [0.4, 0.5) is 0 Å². The number of ether oxygens (including phenoxy) is 2. The molecule has 3 aromatic rings. The molecular weight excluding hydrogens is 292 g/mol. The summed E-state index contributed by atoms with van der Waals surface area (Å²) in [5.41, 5.74) is 2.39. The Bertz CT molecular complexity index is 862. The highest BCUT2D eigenvalue weighted by Gasteiger charge is 2.19. The van der Waals surface area contributed by atoms with Crippen LogP contribution in [0.3, 0.4) is 0 Å². The van der Waals surface area contributed by atoms with Crippen molar-refractivity contribution in [3.63, 3.8) is 0 Å². The zero-order valence-corrected chi connectivity index (χ0v) is 12.9. The third-order valence-electron chi connectivity index (χ3n) is 3.48. The molecular formula is C18H16N2O3. The summed E-state index contributed by atoms with van der Waals surface area (Å²) in [7, 11) is 1.59. The number of rotatable bonds is 4. The van der Waals surface area contributed by atoms with E-state index in [2.05, 4.69) is 9.97 Å². The molecule has 2 heterocycles. The lowest BCUT2D eigenvalue weighted by Crippen LogP contribution is -2.08. The molecule has 0 aliphatic carbocycles. The summed E-state index contributed by atoms with van der Waals surface area (Å²) >= 11 is 0. The zero-order chi connectivity index (χ0) is 16.2. The van der Waals surface area contributed by atoms with Crippen molar-refractivity contribution in [2.45, 2.75) is 6.92 Å². The average Bonchev–Trinajstić information content (AvgIpc) is 2.60. The third kappa shape index (κ3) is 2.85. The largest absolute Gasteiger partial charge is 0.496 e. The molecule has 1 aromatic carbocycles. The quantitative estimate of drug-likeness (QED) is 0.690. The summed E-state index contributed by atoms with van der Waals surface area (Å²) in [5, 5.41) is 0.835. The van der Waals surface area contributed by atoms with Gasteiger partial charge >= 0.3 is 5.97 Å². The number of para-hydroxylation sites is 1. The smallest absolute Gasteiger partial charge is 0.340 e. The van der Waals surface area contributed by atoms with Crippen LogP contribution >= 0.6 is 0 Å². The van der Waals surface area contributed by atoms with Gasteiger partial charge in [0.05, 0.1) is 36.7 Å². The molecule has 0 atom stereocenters. The summed E-state index contributed by atoms with van der Waals surface area (Å²) in [6.07, 6.45) is 3.34. The van der Waals surface area contributed by atoms with Gasteiger partial charge in [-0.25, -0.2) is 9.78 Å². The number of hydrogen-bond acceptors (Lipinski definition) is 5. The van der Waals surface area contributed by atoms with E-state index < -0.39 is 5.97 Å². The number of nitrogens with zero attached hydrogens (tertiary/aromatic N) is 2. The van der Waals surface area contributed by atoms with Gasteiger partial charge in [-0.1, -0.05) is 12.1 Å². The summed E-state index contributed by atoms with van der Waals surface area (Å²) in [4.78, 5) is 21.1. The fourth-order valence-electron chi connectivity index (χ4n) is 2.43. The number of esters is 1. The SMILES string of the molecule is CCOC(=O)c1cc2ccncc2nc1-c1ccccc1OC. The van der Waals surface area contributed by atoms with E-state index in [1.165, 1.54) is 0 Å². The van der Waals surface area contributed by atoms with Crippen molar-refractivity contribution in [1.29, 1.82) is 0 Å². The Morgan fingerprint density at radius 1 is 1.22 bits per heavy atom. The lowest BCUT2D eigenvalue weighted by atomic mass is 10.0. The number of carbonyl (C=O) groups is 1. The van der Waals surface area contributed by atoms with Crippen molar-refractivity contribution < 1.29 is 14.3 Å². The number of carbonyl (C=O) groups excluding carboxylic acids is 1. The van der Waals surface area contributed by atoms with Crippen molar-refractivity contribution in [1.82, 2.24) is 9.97 Å². The highest BCUT2D eigenvalue weighted by atomic mass is 16.5. The maximum atomic E-state index is 12.4. The Hall–Kier alpha value is -2.95. The maximum absolute atomic E-state index is 12.4. The average molecular weight is 308 g/mol. The molecule has 2 aromatic heterocycles. The second-order valence-corrected chi connectivity index (χ2v) is 4.87. The van der Waals surface area contributed by atoms with Crippen LogP contribution < -0.4 is 4.74 Å². The Morgan fingerprint density at radius 3 is 2.83 bits per heavy atom. The van der Waals surface area contributed by atoms with Gasteiger partial charge in [-0.2, -0.15) is 0 Å². The number of aromatic nitrogens is 2. The Labute approximate surface area is 133 Å². The van der Waals surface area contributed by atoms with Gasteiger partial charge in [0.25, 0.3) is 0 Å². The molecule has 0 fully saturated rings. The first kappa shape index (κ1) is 15.0.